The molecule has 0 fully saturated rings. The molecule has 2 rings (SSSR count). The third-order valence-electron chi connectivity index (χ3n) is 4.70. The van der Waals surface area contributed by atoms with Crippen LogP contribution in [0.2, 0.25) is 0 Å². The van der Waals surface area contributed by atoms with Gasteiger partial charge < -0.3 is 10.8 Å². The van der Waals surface area contributed by atoms with Crippen molar-refractivity contribution in [3.05, 3.63) is 70.8 Å². The fourth-order valence-corrected chi connectivity index (χ4v) is 3.08. The molecular formula is C23H27N3O4. The maximum absolute atomic E-state index is 12.0. The average molecular weight is 409 g/mol. The van der Waals surface area contributed by atoms with Crippen molar-refractivity contribution in [1.82, 2.24) is 10.4 Å². The third-order valence-corrected chi connectivity index (χ3v) is 4.70. The van der Waals surface area contributed by atoms with Gasteiger partial charge in [0, 0.05) is 29.3 Å². The Hall–Kier alpha value is -3.18. The number of carbonyl (C=O) groups is 2. The highest BCUT2D eigenvalue weighted by molar-refractivity contribution is 5.92. The highest BCUT2D eigenvalue weighted by Gasteiger charge is 2.31. The van der Waals surface area contributed by atoms with Crippen LogP contribution in [0.4, 0.5) is 0 Å². The van der Waals surface area contributed by atoms with E-state index in [1.807, 2.05) is 43.0 Å². The number of hydroxylamine groups is 1. The van der Waals surface area contributed by atoms with Gasteiger partial charge in [-0.2, -0.15) is 0 Å². The monoisotopic (exact) mass is 409 g/mol. The molecule has 7 nitrogen and oxygen atoms in total. The van der Waals surface area contributed by atoms with Gasteiger partial charge in [-0.3, -0.25) is 19.7 Å². The molecule has 0 bridgehead atoms. The summed E-state index contributed by atoms with van der Waals surface area (Å²) in [5.41, 5.74) is 9.82. The number of nitrogens with zero attached hydrogens (tertiary/aromatic N) is 1. The van der Waals surface area contributed by atoms with Gasteiger partial charge in [0.15, 0.2) is 0 Å². The van der Waals surface area contributed by atoms with E-state index < -0.39 is 24.0 Å². The number of hydrogen-bond donors (Lipinski definition) is 4. The van der Waals surface area contributed by atoms with Gasteiger partial charge in [-0.05, 0) is 62.7 Å². The Labute approximate surface area is 176 Å². The number of nitrogens with two attached hydrogens (primary N) is 1. The molecule has 0 radical (unpaired) electrons. The van der Waals surface area contributed by atoms with Crippen LogP contribution in [-0.2, 0) is 11.3 Å². The molecule has 2 atom stereocenters. The van der Waals surface area contributed by atoms with Crippen LogP contribution in [0.15, 0.2) is 48.5 Å². The molecule has 7 heteroatoms. The first-order chi connectivity index (χ1) is 14.2. The zero-order chi connectivity index (χ0) is 22.3. The van der Waals surface area contributed by atoms with E-state index >= 15 is 0 Å². The number of aliphatic hydroxyl groups excluding tert-OH is 1. The summed E-state index contributed by atoms with van der Waals surface area (Å²) in [6, 6.07) is 13.4. The lowest BCUT2D eigenvalue weighted by Gasteiger charge is -2.35. The zero-order valence-electron chi connectivity index (χ0n) is 17.3. The van der Waals surface area contributed by atoms with Gasteiger partial charge in [-0.1, -0.05) is 24.0 Å². The molecule has 0 heterocycles. The maximum Gasteiger partial charge on any atom is 0.263 e. The predicted octanol–water partition coefficient (Wildman–Crippen LogP) is 1.65. The van der Waals surface area contributed by atoms with Crippen molar-refractivity contribution in [2.75, 3.05) is 0 Å². The fourth-order valence-electron chi connectivity index (χ4n) is 3.08. The summed E-state index contributed by atoms with van der Waals surface area (Å²) in [4.78, 5) is 24.9. The summed E-state index contributed by atoms with van der Waals surface area (Å²) < 4.78 is 0. The summed E-state index contributed by atoms with van der Waals surface area (Å²) in [6.45, 7) is 5.78. The topological polar surface area (TPSA) is 116 Å². The van der Waals surface area contributed by atoms with Gasteiger partial charge >= 0.3 is 0 Å². The number of nitrogens with one attached hydrogen (secondary N) is 1. The van der Waals surface area contributed by atoms with Gasteiger partial charge in [-0.25, -0.2) is 5.48 Å². The number of aliphatic hydroxyl groups is 1. The zero-order valence-corrected chi connectivity index (χ0v) is 17.3. The molecule has 0 aliphatic rings. The maximum atomic E-state index is 12.0. The lowest BCUT2D eigenvalue weighted by atomic mass is 10.0. The molecule has 0 spiro atoms. The van der Waals surface area contributed by atoms with Crippen molar-refractivity contribution in [1.29, 1.82) is 0 Å². The summed E-state index contributed by atoms with van der Waals surface area (Å²) in [5, 5.41) is 19.0. The molecule has 0 aliphatic carbocycles. The quantitative estimate of drug-likeness (QED) is 0.315. The Morgan fingerprint density at radius 3 is 1.90 bits per heavy atom. The molecule has 0 saturated carbocycles. The normalized spacial score (nSPS) is 12.8. The first kappa shape index (κ1) is 23.1. The summed E-state index contributed by atoms with van der Waals surface area (Å²) in [6.07, 6.45) is -0.953. The van der Waals surface area contributed by atoms with Crippen molar-refractivity contribution in [2.45, 2.75) is 45.5 Å². The minimum absolute atomic E-state index is 0.0373. The van der Waals surface area contributed by atoms with Gasteiger partial charge in [0.2, 0.25) is 5.91 Å². The van der Waals surface area contributed by atoms with Crippen LogP contribution in [0, 0.1) is 11.8 Å². The van der Waals surface area contributed by atoms with Crippen LogP contribution in [0.1, 0.15) is 47.8 Å². The van der Waals surface area contributed by atoms with Crippen molar-refractivity contribution < 1.29 is 19.9 Å². The van der Waals surface area contributed by atoms with E-state index in [0.717, 1.165) is 16.7 Å². The number of primary amides is 1. The van der Waals surface area contributed by atoms with Crippen LogP contribution in [-0.4, -0.2) is 45.2 Å². The first-order valence-corrected chi connectivity index (χ1v) is 9.61. The van der Waals surface area contributed by atoms with Gasteiger partial charge in [0.1, 0.15) is 6.04 Å². The molecule has 0 saturated heterocycles. The second kappa shape index (κ2) is 10.6. The Balaban J connectivity index is 2.14. The average Bonchev–Trinajstić information content (AvgIpc) is 2.72. The summed E-state index contributed by atoms with van der Waals surface area (Å²) >= 11 is 0. The first-order valence-electron chi connectivity index (χ1n) is 9.61. The molecule has 0 unspecified atom stereocenters. The van der Waals surface area contributed by atoms with E-state index in [9.17, 15) is 14.7 Å². The molecule has 5 N–H and O–H groups in total. The SMILES string of the molecule is CC(C)N(Cc1ccc(C#Cc2ccc(C(N)=O)cc2)cc1)[C@H](C(=O)NO)[C@@H](C)O. The van der Waals surface area contributed by atoms with Crippen LogP contribution < -0.4 is 11.2 Å². The Morgan fingerprint density at radius 2 is 1.50 bits per heavy atom. The van der Waals surface area contributed by atoms with Crippen molar-refractivity contribution >= 4 is 11.8 Å². The minimum Gasteiger partial charge on any atom is -0.391 e. The number of hydrogen-bond acceptors (Lipinski definition) is 5. The number of benzene rings is 2. The van der Waals surface area contributed by atoms with E-state index in [1.165, 1.54) is 6.92 Å². The molecule has 2 aromatic carbocycles. The second-order valence-corrected chi connectivity index (χ2v) is 7.32. The summed E-state index contributed by atoms with van der Waals surface area (Å²) in [5.74, 6) is 4.97. The van der Waals surface area contributed by atoms with Crippen LogP contribution in [0.5, 0.6) is 0 Å². The van der Waals surface area contributed by atoms with Crippen LogP contribution in [0.25, 0.3) is 0 Å². The number of carbonyl (C=O) groups excluding carboxylic acids is 2. The van der Waals surface area contributed by atoms with E-state index in [-0.39, 0.29) is 6.04 Å². The smallest absolute Gasteiger partial charge is 0.263 e. The largest absolute Gasteiger partial charge is 0.391 e. The molecule has 2 aromatic rings. The van der Waals surface area contributed by atoms with Crippen molar-refractivity contribution in [2.24, 2.45) is 5.73 Å². The second-order valence-electron chi connectivity index (χ2n) is 7.32. The molecule has 2 amide bonds. The van der Waals surface area contributed by atoms with Gasteiger partial charge in [-0.15, -0.1) is 0 Å². The molecular weight excluding hydrogens is 382 g/mol. The third kappa shape index (κ3) is 6.16. The van der Waals surface area contributed by atoms with Crippen molar-refractivity contribution in [3.63, 3.8) is 0 Å². The molecule has 30 heavy (non-hydrogen) atoms. The van der Waals surface area contributed by atoms with Crippen LogP contribution >= 0.6 is 0 Å². The standard InChI is InChI=1S/C23H27N3O4/c1-15(2)26(21(16(3)27)23(29)25-30)14-19-8-6-17(7-9-19)4-5-18-10-12-20(13-11-18)22(24)28/h6-13,15-16,21,27,30H,14H2,1-3H3,(H2,24,28)(H,25,29)/t16-,21+/m1/s1. The highest BCUT2D eigenvalue weighted by Crippen LogP contribution is 2.16. The van der Waals surface area contributed by atoms with Gasteiger partial charge in [0.05, 0.1) is 6.10 Å². The lowest BCUT2D eigenvalue weighted by Crippen LogP contribution is -2.54. The summed E-state index contributed by atoms with van der Waals surface area (Å²) in [7, 11) is 0. The van der Waals surface area contributed by atoms with Crippen molar-refractivity contribution in [3.8, 4) is 11.8 Å². The fraction of sp³-hybridized carbons (Fsp3) is 0.304. The van der Waals surface area contributed by atoms with Crippen LogP contribution in [0.3, 0.4) is 0 Å². The molecule has 0 aliphatic heterocycles. The highest BCUT2D eigenvalue weighted by atomic mass is 16.5. The van der Waals surface area contributed by atoms with Gasteiger partial charge in [0.25, 0.3) is 5.91 Å². The molecule has 0 aromatic heterocycles. The lowest BCUT2D eigenvalue weighted by molar-refractivity contribution is -0.140. The van der Waals surface area contributed by atoms with E-state index in [4.69, 9.17) is 10.9 Å². The van der Waals surface area contributed by atoms with E-state index in [2.05, 4.69) is 11.8 Å². The Morgan fingerprint density at radius 1 is 1.00 bits per heavy atom. The Bertz CT molecular complexity index is 926. The number of amides is 2. The Kier molecular flexibility index (Phi) is 8.13. The predicted molar refractivity (Wildman–Crippen MR) is 113 cm³/mol. The minimum atomic E-state index is -0.953. The van der Waals surface area contributed by atoms with E-state index in [1.54, 1.807) is 29.7 Å². The molecule has 158 valence electrons. The number of rotatable bonds is 7. The van der Waals surface area contributed by atoms with E-state index in [0.29, 0.717) is 12.1 Å².